The highest BCUT2D eigenvalue weighted by Gasteiger charge is 2.12. The lowest BCUT2D eigenvalue weighted by Gasteiger charge is -2.09. The summed E-state index contributed by atoms with van der Waals surface area (Å²) in [6, 6.07) is 13.3. The lowest BCUT2D eigenvalue weighted by atomic mass is 10.1. The van der Waals surface area contributed by atoms with Gasteiger partial charge in [0, 0.05) is 12.1 Å². The quantitative estimate of drug-likeness (QED) is 0.210. The van der Waals surface area contributed by atoms with Gasteiger partial charge in [-0.1, -0.05) is 88.1 Å². The number of unbranched alkanes of at least 4 members (excludes halogenated alkanes) is 8. The number of carbonyl (C=O) groups is 3. The molecule has 2 amide bonds. The van der Waals surface area contributed by atoms with E-state index in [0.717, 1.165) is 19.3 Å². The maximum atomic E-state index is 12.3. The van der Waals surface area contributed by atoms with Crippen molar-refractivity contribution >= 4 is 40.8 Å². The zero-order chi connectivity index (χ0) is 24.6. The zero-order valence-corrected chi connectivity index (χ0v) is 20.7. The van der Waals surface area contributed by atoms with Crippen LogP contribution in [0.25, 0.3) is 0 Å². The van der Waals surface area contributed by atoms with Crippen LogP contribution in [0.3, 0.4) is 0 Å². The molecule has 2 rings (SSSR count). The van der Waals surface area contributed by atoms with Crippen molar-refractivity contribution in [3.8, 4) is 0 Å². The molecule has 7 heteroatoms. The third kappa shape index (κ3) is 10.8. The van der Waals surface area contributed by atoms with Crippen LogP contribution in [0.5, 0.6) is 0 Å². The van der Waals surface area contributed by atoms with Gasteiger partial charge < -0.3 is 15.4 Å². The van der Waals surface area contributed by atoms with Gasteiger partial charge in [0.2, 0.25) is 5.91 Å². The SMILES string of the molecule is CCCCCCCCCCCC(=O)Nc1cccc(C(=O)OCC(=O)Nc2ccccc2Cl)c1. The maximum Gasteiger partial charge on any atom is 0.338 e. The van der Waals surface area contributed by atoms with Crippen molar-refractivity contribution in [3.05, 3.63) is 59.1 Å². The van der Waals surface area contributed by atoms with E-state index in [0.29, 0.717) is 22.8 Å². The topological polar surface area (TPSA) is 84.5 Å². The van der Waals surface area contributed by atoms with Crippen molar-refractivity contribution in [2.24, 2.45) is 0 Å². The predicted molar refractivity (Wildman–Crippen MR) is 137 cm³/mol. The van der Waals surface area contributed by atoms with E-state index < -0.39 is 18.5 Å². The second-order valence-corrected chi connectivity index (χ2v) is 8.72. The molecule has 0 saturated heterocycles. The Morgan fingerprint density at radius 1 is 0.794 bits per heavy atom. The van der Waals surface area contributed by atoms with Gasteiger partial charge >= 0.3 is 5.97 Å². The number of esters is 1. The summed E-state index contributed by atoms with van der Waals surface area (Å²) in [5.41, 5.74) is 1.23. The Kier molecular flexibility index (Phi) is 12.8. The maximum absolute atomic E-state index is 12.3. The number of anilines is 2. The molecule has 34 heavy (non-hydrogen) atoms. The normalized spacial score (nSPS) is 10.5. The first-order valence-electron chi connectivity index (χ1n) is 12.1. The molecule has 0 atom stereocenters. The van der Waals surface area contributed by atoms with E-state index in [2.05, 4.69) is 17.6 Å². The molecule has 0 unspecified atom stereocenters. The Hall–Kier alpha value is -2.86. The third-order valence-corrected chi connectivity index (χ3v) is 5.70. The van der Waals surface area contributed by atoms with Gasteiger partial charge in [-0.2, -0.15) is 0 Å². The molecule has 0 aliphatic rings. The number of halogens is 1. The van der Waals surface area contributed by atoms with E-state index in [-0.39, 0.29) is 11.5 Å². The summed E-state index contributed by atoms with van der Waals surface area (Å²) in [4.78, 5) is 36.6. The Morgan fingerprint density at radius 3 is 2.18 bits per heavy atom. The second kappa shape index (κ2) is 15.9. The van der Waals surface area contributed by atoms with Crippen LogP contribution in [0, 0.1) is 0 Å². The zero-order valence-electron chi connectivity index (χ0n) is 19.9. The number of nitrogens with one attached hydrogen (secondary N) is 2. The molecule has 0 heterocycles. The summed E-state index contributed by atoms with van der Waals surface area (Å²) in [6.45, 7) is 1.78. The summed E-state index contributed by atoms with van der Waals surface area (Å²) >= 11 is 6.00. The Labute approximate surface area is 207 Å². The van der Waals surface area contributed by atoms with Gasteiger partial charge in [0.15, 0.2) is 6.61 Å². The Bertz CT molecular complexity index is 932. The molecular formula is C27H35ClN2O4. The summed E-state index contributed by atoms with van der Waals surface area (Å²) < 4.78 is 5.09. The minimum Gasteiger partial charge on any atom is -0.452 e. The highest BCUT2D eigenvalue weighted by atomic mass is 35.5. The molecular weight excluding hydrogens is 452 g/mol. The monoisotopic (exact) mass is 486 g/mol. The second-order valence-electron chi connectivity index (χ2n) is 8.31. The number of rotatable bonds is 15. The van der Waals surface area contributed by atoms with E-state index >= 15 is 0 Å². The van der Waals surface area contributed by atoms with E-state index in [1.165, 1.54) is 38.5 Å². The highest BCUT2D eigenvalue weighted by Crippen LogP contribution is 2.20. The standard InChI is InChI=1S/C27H35ClN2O4/c1-2-3-4-5-6-7-8-9-10-18-25(31)29-22-15-13-14-21(19-22)27(33)34-20-26(32)30-24-17-12-11-16-23(24)28/h11-17,19H,2-10,18,20H2,1H3,(H,29,31)(H,30,32). The molecule has 184 valence electrons. The third-order valence-electron chi connectivity index (χ3n) is 5.37. The molecule has 0 bridgehead atoms. The first kappa shape index (κ1) is 27.4. The largest absolute Gasteiger partial charge is 0.452 e. The molecule has 0 aromatic heterocycles. The molecule has 0 saturated carbocycles. The van der Waals surface area contributed by atoms with Crippen molar-refractivity contribution in [3.63, 3.8) is 0 Å². The van der Waals surface area contributed by atoms with E-state index in [4.69, 9.17) is 16.3 Å². The average Bonchev–Trinajstić information content (AvgIpc) is 2.83. The number of amides is 2. The smallest absolute Gasteiger partial charge is 0.338 e. The highest BCUT2D eigenvalue weighted by molar-refractivity contribution is 6.33. The molecule has 2 N–H and O–H groups in total. The molecule has 0 fully saturated rings. The molecule has 0 radical (unpaired) electrons. The van der Waals surface area contributed by atoms with Gasteiger partial charge in [0.05, 0.1) is 16.3 Å². The fraction of sp³-hybridized carbons (Fsp3) is 0.444. The van der Waals surface area contributed by atoms with Crippen LogP contribution in [0.15, 0.2) is 48.5 Å². The molecule has 6 nitrogen and oxygen atoms in total. The number of benzene rings is 2. The minimum absolute atomic E-state index is 0.0763. The molecule has 2 aromatic rings. The van der Waals surface area contributed by atoms with Crippen LogP contribution in [0.2, 0.25) is 5.02 Å². The van der Waals surface area contributed by atoms with Gasteiger partial charge in [0.25, 0.3) is 5.91 Å². The number of hydrogen-bond acceptors (Lipinski definition) is 4. The molecule has 0 spiro atoms. The van der Waals surface area contributed by atoms with Crippen molar-refractivity contribution in [2.45, 2.75) is 71.1 Å². The number of para-hydroxylation sites is 1. The van der Waals surface area contributed by atoms with Gasteiger partial charge in [-0.05, 0) is 36.8 Å². The van der Waals surface area contributed by atoms with Crippen LogP contribution >= 0.6 is 11.6 Å². The van der Waals surface area contributed by atoms with E-state index in [1.54, 1.807) is 48.5 Å². The van der Waals surface area contributed by atoms with Crippen LogP contribution in [0.4, 0.5) is 11.4 Å². The fourth-order valence-corrected chi connectivity index (χ4v) is 3.69. The van der Waals surface area contributed by atoms with Crippen LogP contribution in [-0.4, -0.2) is 24.4 Å². The van der Waals surface area contributed by atoms with Crippen molar-refractivity contribution in [1.29, 1.82) is 0 Å². The lowest BCUT2D eigenvalue weighted by Crippen LogP contribution is -2.21. The summed E-state index contributed by atoms with van der Waals surface area (Å²) in [7, 11) is 0. The van der Waals surface area contributed by atoms with E-state index in [1.807, 2.05) is 0 Å². The average molecular weight is 487 g/mol. The molecule has 0 aliphatic carbocycles. The summed E-state index contributed by atoms with van der Waals surface area (Å²) in [5.74, 6) is -1.22. The van der Waals surface area contributed by atoms with Crippen molar-refractivity contribution in [1.82, 2.24) is 0 Å². The molecule has 0 aliphatic heterocycles. The first-order chi connectivity index (χ1) is 16.5. The number of ether oxygens (including phenoxy) is 1. The predicted octanol–water partition coefficient (Wildman–Crippen LogP) is 6.99. The summed E-state index contributed by atoms with van der Waals surface area (Å²) in [5, 5.41) is 5.81. The lowest BCUT2D eigenvalue weighted by molar-refractivity contribution is -0.119. The fourth-order valence-electron chi connectivity index (χ4n) is 3.51. The first-order valence-corrected chi connectivity index (χ1v) is 12.5. The van der Waals surface area contributed by atoms with E-state index in [9.17, 15) is 14.4 Å². The van der Waals surface area contributed by atoms with Crippen molar-refractivity contribution < 1.29 is 19.1 Å². The number of carbonyl (C=O) groups excluding carboxylic acids is 3. The van der Waals surface area contributed by atoms with Crippen LogP contribution < -0.4 is 10.6 Å². The minimum atomic E-state index is -0.649. The van der Waals surface area contributed by atoms with Gasteiger partial charge in [0.1, 0.15) is 0 Å². The number of hydrogen-bond donors (Lipinski definition) is 2. The van der Waals surface area contributed by atoms with Crippen LogP contribution in [0.1, 0.15) is 81.5 Å². The van der Waals surface area contributed by atoms with Gasteiger partial charge in [-0.15, -0.1) is 0 Å². The van der Waals surface area contributed by atoms with Crippen LogP contribution in [-0.2, 0) is 14.3 Å². The van der Waals surface area contributed by atoms with Gasteiger partial charge in [-0.3, -0.25) is 9.59 Å². The summed E-state index contributed by atoms with van der Waals surface area (Å²) in [6.07, 6.45) is 11.2. The Balaban J connectivity index is 1.68. The molecule has 2 aromatic carbocycles. The van der Waals surface area contributed by atoms with Crippen molar-refractivity contribution in [2.75, 3.05) is 17.2 Å². The van der Waals surface area contributed by atoms with Gasteiger partial charge in [-0.25, -0.2) is 4.79 Å². The Morgan fingerprint density at radius 2 is 1.47 bits per heavy atom.